The van der Waals surface area contributed by atoms with Gasteiger partial charge in [0.1, 0.15) is 19.3 Å². The lowest BCUT2D eigenvalue weighted by Crippen LogP contribution is -2.30. The van der Waals surface area contributed by atoms with Gasteiger partial charge in [-0.1, -0.05) is 13.8 Å². The van der Waals surface area contributed by atoms with Gasteiger partial charge in [0, 0.05) is 6.42 Å². The molecule has 0 heterocycles. The third-order valence-corrected chi connectivity index (χ3v) is 2.38. The molecule has 1 N–H and O–H groups in total. The summed E-state index contributed by atoms with van der Waals surface area (Å²) in [6, 6.07) is 0. The minimum atomic E-state index is -0.978. The summed E-state index contributed by atoms with van der Waals surface area (Å²) < 4.78 is 9.81. The van der Waals surface area contributed by atoms with Crippen LogP contribution in [-0.4, -0.2) is 36.4 Å². The molecule has 1 atom stereocenters. The molecular formula is C14H26O5. The summed E-state index contributed by atoms with van der Waals surface area (Å²) in [6.07, 6.45) is 0.120. The summed E-state index contributed by atoms with van der Waals surface area (Å²) >= 11 is 0. The van der Waals surface area contributed by atoms with Crippen LogP contribution in [0.5, 0.6) is 0 Å². The Morgan fingerprint density at radius 3 is 2.11 bits per heavy atom. The Labute approximate surface area is 115 Å². The smallest absolute Gasteiger partial charge is 0.311 e. The van der Waals surface area contributed by atoms with Gasteiger partial charge in [-0.25, -0.2) is 0 Å². The normalized spacial score (nSPS) is 13.2. The minimum Gasteiger partial charge on any atom is -0.463 e. The topological polar surface area (TPSA) is 72.8 Å². The highest BCUT2D eigenvalue weighted by atomic mass is 16.6. The largest absolute Gasteiger partial charge is 0.463 e. The summed E-state index contributed by atoms with van der Waals surface area (Å²) in [4.78, 5) is 22.8. The zero-order valence-electron chi connectivity index (χ0n) is 12.6. The average Bonchev–Trinajstić information content (AvgIpc) is 2.29. The van der Waals surface area contributed by atoms with E-state index >= 15 is 0 Å². The van der Waals surface area contributed by atoms with Crippen LogP contribution < -0.4 is 0 Å². The van der Waals surface area contributed by atoms with E-state index in [-0.39, 0.29) is 19.2 Å². The number of esters is 2. The molecule has 0 aliphatic heterocycles. The van der Waals surface area contributed by atoms with E-state index in [4.69, 9.17) is 9.47 Å². The van der Waals surface area contributed by atoms with Crippen LogP contribution in [0.25, 0.3) is 0 Å². The van der Waals surface area contributed by atoms with Crippen LogP contribution in [0.3, 0.4) is 0 Å². The Morgan fingerprint density at radius 1 is 1.11 bits per heavy atom. The molecule has 19 heavy (non-hydrogen) atoms. The summed E-state index contributed by atoms with van der Waals surface area (Å²) in [5.41, 5.74) is -0.604. The van der Waals surface area contributed by atoms with E-state index in [1.165, 1.54) is 0 Å². The van der Waals surface area contributed by atoms with Crippen molar-refractivity contribution >= 4 is 11.9 Å². The molecule has 0 aromatic rings. The monoisotopic (exact) mass is 274 g/mol. The Hall–Kier alpha value is -1.10. The van der Waals surface area contributed by atoms with Gasteiger partial charge < -0.3 is 14.6 Å². The Bertz CT molecular complexity index is 291. The van der Waals surface area contributed by atoms with Gasteiger partial charge in [0.25, 0.3) is 0 Å². The number of carbonyl (C=O) groups is 2. The fraction of sp³-hybridized carbons (Fsp3) is 0.857. The van der Waals surface area contributed by atoms with Crippen molar-refractivity contribution in [2.45, 2.75) is 53.6 Å². The summed E-state index contributed by atoms with van der Waals surface area (Å²) in [5.74, 6) is -0.294. The van der Waals surface area contributed by atoms with Gasteiger partial charge in [-0.2, -0.15) is 0 Å². The van der Waals surface area contributed by atoms with E-state index in [1.54, 1.807) is 20.8 Å². The average molecular weight is 274 g/mol. The SMILES string of the molecule is CC(C)CCC(=O)OCC(O)COC(=O)C(C)(C)C. The van der Waals surface area contributed by atoms with Gasteiger partial charge in [-0.15, -0.1) is 0 Å². The number of aliphatic hydroxyl groups excluding tert-OH is 1. The quantitative estimate of drug-likeness (QED) is 0.718. The predicted octanol–water partition coefficient (Wildman–Crippen LogP) is 1.92. The van der Waals surface area contributed by atoms with E-state index in [1.807, 2.05) is 13.8 Å². The first-order chi connectivity index (χ1) is 8.62. The molecule has 0 bridgehead atoms. The molecule has 0 fully saturated rings. The highest BCUT2D eigenvalue weighted by molar-refractivity contribution is 5.75. The van der Waals surface area contributed by atoms with E-state index < -0.39 is 17.5 Å². The summed E-state index contributed by atoms with van der Waals surface area (Å²) in [7, 11) is 0. The molecule has 0 spiro atoms. The zero-order valence-corrected chi connectivity index (χ0v) is 12.6. The van der Waals surface area contributed by atoms with Crippen molar-refractivity contribution in [1.29, 1.82) is 0 Å². The molecule has 0 radical (unpaired) electrons. The van der Waals surface area contributed by atoms with Gasteiger partial charge in [0.05, 0.1) is 5.41 Å². The van der Waals surface area contributed by atoms with Crippen LogP contribution in [0.2, 0.25) is 0 Å². The van der Waals surface area contributed by atoms with Crippen molar-refractivity contribution in [2.24, 2.45) is 11.3 Å². The first kappa shape index (κ1) is 17.9. The minimum absolute atomic E-state index is 0.144. The Morgan fingerprint density at radius 2 is 1.63 bits per heavy atom. The third-order valence-electron chi connectivity index (χ3n) is 2.38. The van der Waals surface area contributed by atoms with Gasteiger partial charge in [0.2, 0.25) is 0 Å². The zero-order chi connectivity index (χ0) is 15.1. The number of carbonyl (C=O) groups excluding carboxylic acids is 2. The van der Waals surface area contributed by atoms with Crippen LogP contribution in [0, 0.1) is 11.3 Å². The molecule has 0 aromatic heterocycles. The highest BCUT2D eigenvalue weighted by Crippen LogP contribution is 2.15. The lowest BCUT2D eigenvalue weighted by Gasteiger charge is -2.18. The van der Waals surface area contributed by atoms with E-state index in [0.717, 1.165) is 6.42 Å². The number of ether oxygens (including phenoxy) is 2. The standard InChI is InChI=1S/C14H26O5/c1-10(2)6-7-12(16)18-8-11(15)9-19-13(17)14(3,4)5/h10-11,15H,6-9H2,1-5H3. The summed E-state index contributed by atoms with van der Waals surface area (Å²) in [6.45, 7) is 8.93. The lowest BCUT2D eigenvalue weighted by molar-refractivity contribution is -0.158. The second-order valence-corrected chi connectivity index (χ2v) is 6.12. The van der Waals surface area contributed by atoms with Gasteiger partial charge >= 0.3 is 11.9 Å². The van der Waals surface area contributed by atoms with Crippen molar-refractivity contribution in [2.75, 3.05) is 13.2 Å². The molecule has 0 aliphatic carbocycles. The van der Waals surface area contributed by atoms with Crippen molar-refractivity contribution in [3.63, 3.8) is 0 Å². The van der Waals surface area contributed by atoms with E-state index in [0.29, 0.717) is 12.3 Å². The number of rotatable bonds is 7. The maximum absolute atomic E-state index is 11.4. The van der Waals surface area contributed by atoms with Crippen molar-refractivity contribution < 1.29 is 24.2 Å². The predicted molar refractivity (Wildman–Crippen MR) is 71.5 cm³/mol. The molecule has 0 aliphatic rings. The second kappa shape index (κ2) is 8.15. The molecule has 112 valence electrons. The molecule has 0 saturated heterocycles. The first-order valence-electron chi connectivity index (χ1n) is 6.64. The van der Waals surface area contributed by atoms with Gasteiger partial charge in [0.15, 0.2) is 0 Å². The van der Waals surface area contributed by atoms with Crippen molar-refractivity contribution in [1.82, 2.24) is 0 Å². The Balaban J connectivity index is 3.79. The van der Waals surface area contributed by atoms with E-state index in [2.05, 4.69) is 0 Å². The maximum Gasteiger partial charge on any atom is 0.311 e. The molecule has 5 heteroatoms. The fourth-order valence-electron chi connectivity index (χ4n) is 1.10. The molecule has 0 saturated carbocycles. The van der Waals surface area contributed by atoms with Gasteiger partial charge in [-0.05, 0) is 33.1 Å². The first-order valence-corrected chi connectivity index (χ1v) is 6.64. The van der Waals surface area contributed by atoms with E-state index in [9.17, 15) is 14.7 Å². The van der Waals surface area contributed by atoms with Gasteiger partial charge in [-0.3, -0.25) is 9.59 Å². The highest BCUT2D eigenvalue weighted by Gasteiger charge is 2.24. The van der Waals surface area contributed by atoms with Crippen molar-refractivity contribution in [3.8, 4) is 0 Å². The van der Waals surface area contributed by atoms with Crippen LogP contribution in [0.1, 0.15) is 47.5 Å². The summed E-state index contributed by atoms with van der Waals surface area (Å²) in [5, 5.41) is 9.54. The van der Waals surface area contributed by atoms with Crippen LogP contribution >= 0.6 is 0 Å². The lowest BCUT2D eigenvalue weighted by atomic mass is 9.97. The molecule has 0 rings (SSSR count). The molecule has 0 amide bonds. The molecule has 5 nitrogen and oxygen atoms in total. The second-order valence-electron chi connectivity index (χ2n) is 6.12. The number of hydrogen-bond donors (Lipinski definition) is 1. The van der Waals surface area contributed by atoms with Crippen LogP contribution in [-0.2, 0) is 19.1 Å². The molecule has 0 aromatic carbocycles. The Kier molecular flexibility index (Phi) is 7.68. The van der Waals surface area contributed by atoms with Crippen molar-refractivity contribution in [3.05, 3.63) is 0 Å². The maximum atomic E-state index is 11.4. The van der Waals surface area contributed by atoms with Crippen LogP contribution in [0.4, 0.5) is 0 Å². The fourth-order valence-corrected chi connectivity index (χ4v) is 1.10. The third kappa shape index (κ3) is 9.47. The molecular weight excluding hydrogens is 248 g/mol. The molecule has 1 unspecified atom stereocenters. The number of aliphatic hydroxyl groups is 1. The van der Waals surface area contributed by atoms with Crippen LogP contribution in [0.15, 0.2) is 0 Å². The number of hydrogen-bond acceptors (Lipinski definition) is 5.